The Morgan fingerprint density at radius 1 is 1.29 bits per heavy atom. The van der Waals surface area contributed by atoms with Crippen molar-refractivity contribution >= 4 is 22.8 Å². The summed E-state index contributed by atoms with van der Waals surface area (Å²) in [5, 5.41) is 9.62. The normalized spacial score (nSPS) is 19.7. The molecule has 0 aliphatic heterocycles. The number of carbonyl (C=O) groups excluding carboxylic acids is 1. The first kappa shape index (κ1) is 16.2. The molecule has 1 saturated carbocycles. The van der Waals surface area contributed by atoms with Crippen LogP contribution in [0.1, 0.15) is 25.6 Å². The van der Waals surface area contributed by atoms with Crippen molar-refractivity contribution in [3.8, 4) is 0 Å². The van der Waals surface area contributed by atoms with Crippen molar-refractivity contribution in [2.75, 3.05) is 6.54 Å². The van der Waals surface area contributed by atoms with Gasteiger partial charge in [0.1, 0.15) is 5.82 Å². The van der Waals surface area contributed by atoms with Crippen molar-refractivity contribution < 1.29 is 14.7 Å². The zero-order chi connectivity index (χ0) is 17.3. The van der Waals surface area contributed by atoms with E-state index in [-0.39, 0.29) is 18.0 Å². The Hall–Kier alpha value is -2.70. The molecule has 1 aliphatic carbocycles. The molecule has 1 heterocycles. The predicted octanol–water partition coefficient (Wildman–Crippen LogP) is 1.38. The number of aliphatic carboxylic acids is 1. The molecule has 0 saturated heterocycles. The smallest absolute Gasteiger partial charge is 0.307 e. The van der Waals surface area contributed by atoms with Gasteiger partial charge in [-0.05, 0) is 31.9 Å². The summed E-state index contributed by atoms with van der Waals surface area (Å²) in [4.78, 5) is 44.4. The Labute approximate surface area is 138 Å². The Morgan fingerprint density at radius 3 is 2.62 bits per heavy atom. The SMILES string of the molecule is CCN(Cc1nc2ccccc2c(=O)[nH]1)C(=O)C1CCC1C(=O)O. The zero-order valence-electron chi connectivity index (χ0n) is 13.4. The van der Waals surface area contributed by atoms with Crippen LogP contribution in [-0.4, -0.2) is 38.4 Å². The number of carboxylic acid groups (broad SMARTS) is 1. The minimum absolute atomic E-state index is 0.165. The van der Waals surface area contributed by atoms with Crippen molar-refractivity contribution in [1.29, 1.82) is 0 Å². The molecule has 1 fully saturated rings. The van der Waals surface area contributed by atoms with Crippen molar-refractivity contribution in [2.45, 2.75) is 26.3 Å². The van der Waals surface area contributed by atoms with Crippen molar-refractivity contribution in [3.63, 3.8) is 0 Å². The summed E-state index contributed by atoms with van der Waals surface area (Å²) < 4.78 is 0. The number of hydrogen-bond acceptors (Lipinski definition) is 4. The number of nitrogens with zero attached hydrogens (tertiary/aromatic N) is 2. The molecule has 0 bridgehead atoms. The summed E-state index contributed by atoms with van der Waals surface area (Å²) in [5.74, 6) is -1.79. The zero-order valence-corrected chi connectivity index (χ0v) is 13.4. The highest BCUT2D eigenvalue weighted by Crippen LogP contribution is 2.36. The van der Waals surface area contributed by atoms with Gasteiger partial charge in [0, 0.05) is 6.54 Å². The van der Waals surface area contributed by atoms with Crippen LogP contribution in [0.3, 0.4) is 0 Å². The van der Waals surface area contributed by atoms with Crippen LogP contribution in [0.4, 0.5) is 0 Å². The van der Waals surface area contributed by atoms with Gasteiger partial charge < -0.3 is 15.0 Å². The summed E-state index contributed by atoms with van der Waals surface area (Å²) in [6.07, 6.45) is 1.13. The lowest BCUT2D eigenvalue weighted by molar-refractivity contribution is -0.156. The van der Waals surface area contributed by atoms with Gasteiger partial charge in [-0.2, -0.15) is 0 Å². The average Bonchev–Trinajstić information content (AvgIpc) is 2.51. The Balaban J connectivity index is 1.82. The Morgan fingerprint density at radius 2 is 2.00 bits per heavy atom. The summed E-state index contributed by atoms with van der Waals surface area (Å²) in [7, 11) is 0. The summed E-state index contributed by atoms with van der Waals surface area (Å²) in [6, 6.07) is 7.01. The Bertz CT molecular complexity index is 845. The third kappa shape index (κ3) is 2.89. The first-order valence-corrected chi connectivity index (χ1v) is 8.00. The monoisotopic (exact) mass is 329 g/mol. The molecule has 126 valence electrons. The van der Waals surface area contributed by atoms with E-state index >= 15 is 0 Å². The number of carbonyl (C=O) groups is 2. The van der Waals surface area contributed by atoms with Crippen molar-refractivity contribution in [3.05, 3.63) is 40.4 Å². The van der Waals surface area contributed by atoms with Crippen LogP contribution in [0.15, 0.2) is 29.1 Å². The molecule has 7 nitrogen and oxygen atoms in total. The highest BCUT2D eigenvalue weighted by Gasteiger charge is 2.43. The van der Waals surface area contributed by atoms with Crippen LogP contribution in [0, 0.1) is 11.8 Å². The molecule has 2 unspecified atom stereocenters. The number of carboxylic acids is 1. The maximum absolute atomic E-state index is 12.6. The van der Waals surface area contributed by atoms with Gasteiger partial charge in [0.25, 0.3) is 5.56 Å². The Kier molecular flexibility index (Phi) is 4.33. The van der Waals surface area contributed by atoms with Gasteiger partial charge in [0.05, 0.1) is 29.3 Å². The van der Waals surface area contributed by atoms with E-state index in [9.17, 15) is 14.4 Å². The topological polar surface area (TPSA) is 103 Å². The molecule has 3 rings (SSSR count). The number of aromatic amines is 1. The number of amides is 1. The third-order valence-corrected chi connectivity index (χ3v) is 4.60. The standard InChI is InChI=1S/C17H19N3O4/c1-2-20(16(22)10-7-8-11(10)17(23)24)9-14-18-13-6-4-3-5-12(13)15(21)19-14/h3-6,10-11H,2,7-9H2,1H3,(H,23,24)(H,18,19,21). The minimum Gasteiger partial charge on any atom is -0.481 e. The van der Waals surface area contributed by atoms with Gasteiger partial charge in [-0.25, -0.2) is 4.98 Å². The summed E-state index contributed by atoms with van der Waals surface area (Å²) >= 11 is 0. The van der Waals surface area contributed by atoms with Gasteiger partial charge in [-0.3, -0.25) is 14.4 Å². The second-order valence-electron chi connectivity index (χ2n) is 6.01. The molecular weight excluding hydrogens is 310 g/mol. The van der Waals surface area contributed by atoms with Gasteiger partial charge in [-0.15, -0.1) is 0 Å². The number of nitrogens with one attached hydrogen (secondary N) is 1. The predicted molar refractivity (Wildman–Crippen MR) is 87.3 cm³/mol. The van der Waals surface area contributed by atoms with Crippen molar-refractivity contribution in [1.82, 2.24) is 14.9 Å². The van der Waals surface area contributed by atoms with Crippen LogP contribution < -0.4 is 5.56 Å². The second kappa shape index (κ2) is 6.43. The lowest BCUT2D eigenvalue weighted by Crippen LogP contribution is -2.46. The largest absolute Gasteiger partial charge is 0.481 e. The molecule has 0 radical (unpaired) electrons. The molecule has 0 spiro atoms. The maximum Gasteiger partial charge on any atom is 0.307 e. The van der Waals surface area contributed by atoms with Gasteiger partial charge in [0.15, 0.2) is 0 Å². The van der Waals surface area contributed by atoms with Gasteiger partial charge in [0.2, 0.25) is 5.91 Å². The van der Waals surface area contributed by atoms with Gasteiger partial charge in [-0.1, -0.05) is 12.1 Å². The maximum atomic E-state index is 12.6. The molecule has 1 amide bonds. The number of fused-ring (bicyclic) bond motifs is 1. The number of hydrogen-bond donors (Lipinski definition) is 2. The van der Waals surface area contributed by atoms with Crippen molar-refractivity contribution in [2.24, 2.45) is 11.8 Å². The van der Waals surface area contributed by atoms with E-state index in [1.807, 2.05) is 6.92 Å². The van der Waals surface area contributed by atoms with E-state index in [1.54, 1.807) is 29.2 Å². The molecule has 2 N–H and O–H groups in total. The summed E-state index contributed by atoms with van der Waals surface area (Å²) in [5.41, 5.74) is 0.331. The fourth-order valence-corrected chi connectivity index (χ4v) is 3.06. The lowest BCUT2D eigenvalue weighted by Gasteiger charge is -2.35. The lowest BCUT2D eigenvalue weighted by atomic mass is 9.73. The van der Waals surface area contributed by atoms with E-state index in [1.165, 1.54) is 0 Å². The fraction of sp³-hybridized carbons (Fsp3) is 0.412. The summed E-state index contributed by atoms with van der Waals surface area (Å²) in [6.45, 7) is 2.42. The quantitative estimate of drug-likeness (QED) is 0.862. The highest BCUT2D eigenvalue weighted by molar-refractivity contribution is 5.86. The molecule has 1 aliphatic rings. The number of rotatable bonds is 5. The van der Waals surface area contributed by atoms with Crippen LogP contribution in [0.25, 0.3) is 10.9 Å². The van der Waals surface area contributed by atoms with Crippen LogP contribution in [-0.2, 0) is 16.1 Å². The number of H-pyrrole nitrogens is 1. The molecule has 1 aromatic heterocycles. The van der Waals surface area contributed by atoms with E-state index in [4.69, 9.17) is 5.11 Å². The first-order chi connectivity index (χ1) is 11.5. The van der Waals surface area contributed by atoms with E-state index in [2.05, 4.69) is 9.97 Å². The second-order valence-corrected chi connectivity index (χ2v) is 6.01. The third-order valence-electron chi connectivity index (χ3n) is 4.60. The van der Waals surface area contributed by atoms with Gasteiger partial charge >= 0.3 is 5.97 Å². The van der Waals surface area contributed by atoms with E-state index < -0.39 is 17.8 Å². The first-order valence-electron chi connectivity index (χ1n) is 8.00. The number of benzene rings is 1. The molecule has 2 atom stereocenters. The minimum atomic E-state index is -0.923. The van der Waals surface area contributed by atoms with Crippen LogP contribution in [0.5, 0.6) is 0 Å². The average molecular weight is 329 g/mol. The molecule has 1 aromatic carbocycles. The molecule has 7 heteroatoms. The number of aromatic nitrogens is 2. The van der Waals surface area contributed by atoms with E-state index in [0.717, 1.165) is 0 Å². The number of para-hydroxylation sites is 1. The molecule has 2 aromatic rings. The van der Waals surface area contributed by atoms with E-state index in [0.29, 0.717) is 36.1 Å². The molecular formula is C17H19N3O4. The van der Waals surface area contributed by atoms with Crippen LogP contribution >= 0.6 is 0 Å². The van der Waals surface area contributed by atoms with Crippen LogP contribution in [0.2, 0.25) is 0 Å². The molecule has 24 heavy (non-hydrogen) atoms. The fourth-order valence-electron chi connectivity index (χ4n) is 3.06. The highest BCUT2D eigenvalue weighted by atomic mass is 16.4.